The van der Waals surface area contributed by atoms with Gasteiger partial charge in [0.15, 0.2) is 5.69 Å². The Labute approximate surface area is 154 Å². The summed E-state index contributed by atoms with van der Waals surface area (Å²) in [6.07, 6.45) is -4.87. The molecule has 11 heteroatoms. The van der Waals surface area contributed by atoms with Crippen molar-refractivity contribution in [2.75, 3.05) is 10.7 Å². The van der Waals surface area contributed by atoms with Crippen LogP contribution in [0.15, 0.2) is 23.2 Å². The van der Waals surface area contributed by atoms with Crippen LogP contribution in [0.1, 0.15) is 12.6 Å². The molecule has 0 aliphatic rings. The van der Waals surface area contributed by atoms with Gasteiger partial charge in [0.05, 0.1) is 5.69 Å². The van der Waals surface area contributed by atoms with Crippen molar-refractivity contribution in [3.05, 3.63) is 35.5 Å². The second-order valence-corrected chi connectivity index (χ2v) is 7.04. The van der Waals surface area contributed by atoms with Crippen LogP contribution in [-0.4, -0.2) is 27.3 Å². The number of hydrogen-bond acceptors (Lipinski definition) is 3. The van der Waals surface area contributed by atoms with Crippen LogP contribution in [0.2, 0.25) is 0 Å². The van der Waals surface area contributed by atoms with Crippen molar-refractivity contribution in [3.63, 3.8) is 0 Å². The molecular weight excluding hydrogens is 401 g/mol. The number of alkyl halides is 4. The summed E-state index contributed by atoms with van der Waals surface area (Å²) in [5, 5.41) is 3.03. The van der Waals surface area contributed by atoms with Crippen LogP contribution in [-0.2, 0) is 18.0 Å². The molecule has 1 aromatic carbocycles. The Balaban J connectivity index is 2.67. The van der Waals surface area contributed by atoms with Crippen LogP contribution in [0.3, 0.4) is 0 Å². The Morgan fingerprint density at radius 1 is 1.38 bits per heavy atom. The molecule has 1 aromatic heterocycles. The minimum absolute atomic E-state index is 0.0246. The molecule has 142 valence electrons. The topological polar surface area (TPSA) is 38.1 Å². The fraction of sp³-hybridized carbons (Fsp3) is 0.333. The van der Waals surface area contributed by atoms with Gasteiger partial charge < -0.3 is 0 Å². The van der Waals surface area contributed by atoms with E-state index in [-0.39, 0.29) is 22.6 Å². The zero-order chi connectivity index (χ0) is 19.6. The van der Waals surface area contributed by atoms with Gasteiger partial charge >= 0.3 is 6.18 Å². The highest BCUT2D eigenvalue weighted by Crippen LogP contribution is 2.44. The largest absolute Gasteiger partial charge is 0.437 e. The molecule has 26 heavy (non-hydrogen) atoms. The second-order valence-electron chi connectivity index (χ2n) is 5.29. The van der Waals surface area contributed by atoms with E-state index in [0.717, 1.165) is 28.6 Å². The molecule has 4 nitrogen and oxygen atoms in total. The number of amides is 1. The Morgan fingerprint density at radius 2 is 2.04 bits per heavy atom. The predicted molar refractivity (Wildman–Crippen MR) is 88.8 cm³/mol. The molecule has 0 aliphatic heterocycles. The van der Waals surface area contributed by atoms with Crippen molar-refractivity contribution in [2.24, 2.45) is 7.05 Å². The van der Waals surface area contributed by atoms with Crippen LogP contribution in [0.4, 0.5) is 33.3 Å². The number of halogens is 6. The molecule has 0 radical (unpaired) electrons. The highest BCUT2D eigenvalue weighted by molar-refractivity contribution is 7.99. The van der Waals surface area contributed by atoms with Crippen molar-refractivity contribution in [1.29, 1.82) is 0 Å². The van der Waals surface area contributed by atoms with E-state index in [1.165, 1.54) is 7.05 Å². The van der Waals surface area contributed by atoms with E-state index in [0.29, 0.717) is 11.0 Å². The van der Waals surface area contributed by atoms with E-state index < -0.39 is 34.9 Å². The third-order valence-corrected chi connectivity index (χ3v) is 4.94. The normalized spacial score (nSPS) is 12.9. The minimum Gasteiger partial charge on any atom is -0.278 e. The molecule has 0 saturated carbocycles. The average Bonchev–Trinajstić information content (AvgIpc) is 2.85. The molecule has 1 unspecified atom stereocenters. The first-order valence-corrected chi connectivity index (χ1v) is 8.59. The van der Waals surface area contributed by atoms with Gasteiger partial charge in [-0.3, -0.25) is 14.4 Å². The quantitative estimate of drug-likeness (QED) is 0.297. The number of aryl methyl sites for hydroxylation is 1. The van der Waals surface area contributed by atoms with Crippen molar-refractivity contribution in [3.8, 4) is 0 Å². The van der Waals surface area contributed by atoms with Crippen LogP contribution < -0.4 is 4.90 Å². The molecule has 1 amide bonds. The van der Waals surface area contributed by atoms with E-state index in [4.69, 9.17) is 11.6 Å². The molecule has 0 fully saturated rings. The number of hydrogen-bond donors (Lipinski definition) is 0. The number of nitrogens with zero attached hydrogens (tertiary/aromatic N) is 3. The first kappa shape index (κ1) is 20.5. The fourth-order valence-corrected chi connectivity index (χ4v) is 3.30. The zero-order valence-corrected chi connectivity index (χ0v) is 15.1. The summed E-state index contributed by atoms with van der Waals surface area (Å²) in [5.41, 5.74) is -2.52. The standard InChI is InChI=1S/C15H13ClF5N3OS/c1-8(16)6-26-14-12(13(15(19,20)21)22-23(14)2)24(7-25)11-4-3-9(17)5-10(11)18/h3-5,7-8H,6H2,1-2H3. The van der Waals surface area contributed by atoms with Gasteiger partial charge in [-0.1, -0.05) is 0 Å². The van der Waals surface area contributed by atoms with Crippen molar-refractivity contribution >= 4 is 41.1 Å². The van der Waals surface area contributed by atoms with Crippen LogP contribution in [0, 0.1) is 11.6 Å². The number of thioether (sulfide) groups is 1. The van der Waals surface area contributed by atoms with Crippen LogP contribution >= 0.6 is 23.4 Å². The first-order valence-electron chi connectivity index (χ1n) is 7.17. The van der Waals surface area contributed by atoms with Crippen molar-refractivity contribution < 1.29 is 26.7 Å². The van der Waals surface area contributed by atoms with E-state index in [9.17, 15) is 26.7 Å². The summed E-state index contributed by atoms with van der Waals surface area (Å²) >= 11 is 6.78. The Hall–Kier alpha value is -1.81. The van der Waals surface area contributed by atoms with Gasteiger partial charge in [-0.05, 0) is 19.1 Å². The summed E-state index contributed by atoms with van der Waals surface area (Å²) in [7, 11) is 1.27. The fourth-order valence-electron chi connectivity index (χ4n) is 2.17. The number of anilines is 2. The molecule has 0 bridgehead atoms. The number of rotatable bonds is 6. The lowest BCUT2D eigenvalue weighted by Gasteiger charge is -2.20. The predicted octanol–water partition coefficient (Wildman–Crippen LogP) is 4.73. The third kappa shape index (κ3) is 4.29. The molecule has 0 N–H and O–H groups in total. The second kappa shape index (κ2) is 7.83. The Morgan fingerprint density at radius 3 is 2.54 bits per heavy atom. The van der Waals surface area contributed by atoms with Crippen molar-refractivity contribution in [2.45, 2.75) is 23.5 Å². The summed E-state index contributed by atoms with van der Waals surface area (Å²) in [6, 6.07) is 2.19. The van der Waals surface area contributed by atoms with E-state index in [1.54, 1.807) is 6.92 Å². The molecule has 2 aromatic rings. The summed E-state index contributed by atoms with van der Waals surface area (Å²) in [4.78, 5) is 12.0. The van der Waals surface area contributed by atoms with Gasteiger partial charge in [0, 0.05) is 24.2 Å². The Kier molecular flexibility index (Phi) is 6.17. The minimum atomic E-state index is -4.89. The number of aromatic nitrogens is 2. The first-order chi connectivity index (χ1) is 12.1. The summed E-state index contributed by atoms with van der Waals surface area (Å²) < 4.78 is 68.4. The lowest BCUT2D eigenvalue weighted by Crippen LogP contribution is -2.20. The maximum absolute atomic E-state index is 14.1. The lowest BCUT2D eigenvalue weighted by atomic mass is 10.2. The Bertz CT molecular complexity index is 809. The number of carbonyl (C=O) groups excluding carboxylic acids is 1. The van der Waals surface area contributed by atoms with Crippen molar-refractivity contribution in [1.82, 2.24) is 9.78 Å². The zero-order valence-electron chi connectivity index (χ0n) is 13.5. The molecule has 1 atom stereocenters. The summed E-state index contributed by atoms with van der Waals surface area (Å²) in [6.45, 7) is 1.65. The van der Waals surface area contributed by atoms with Gasteiger partial charge in [0.2, 0.25) is 6.41 Å². The molecule has 2 rings (SSSR count). The monoisotopic (exact) mass is 413 g/mol. The van der Waals surface area contributed by atoms with Gasteiger partial charge in [0.25, 0.3) is 0 Å². The van der Waals surface area contributed by atoms with Gasteiger partial charge in [-0.2, -0.15) is 18.3 Å². The number of carbonyl (C=O) groups is 1. The van der Waals surface area contributed by atoms with E-state index >= 15 is 0 Å². The highest BCUT2D eigenvalue weighted by atomic mass is 35.5. The molecular formula is C15H13ClF5N3OS. The third-order valence-electron chi connectivity index (χ3n) is 3.20. The lowest BCUT2D eigenvalue weighted by molar-refractivity contribution is -0.140. The van der Waals surface area contributed by atoms with Gasteiger partial charge in [-0.25, -0.2) is 8.78 Å². The number of benzene rings is 1. The van der Waals surface area contributed by atoms with Gasteiger partial charge in [-0.15, -0.1) is 23.4 Å². The van der Waals surface area contributed by atoms with E-state index in [2.05, 4.69) is 5.10 Å². The summed E-state index contributed by atoms with van der Waals surface area (Å²) in [5.74, 6) is -1.88. The maximum atomic E-state index is 14.1. The van der Waals surface area contributed by atoms with Crippen LogP contribution in [0.25, 0.3) is 0 Å². The van der Waals surface area contributed by atoms with E-state index in [1.807, 2.05) is 0 Å². The average molecular weight is 414 g/mol. The molecule has 0 spiro atoms. The maximum Gasteiger partial charge on any atom is 0.437 e. The van der Waals surface area contributed by atoms with Crippen LogP contribution in [0.5, 0.6) is 0 Å². The van der Waals surface area contributed by atoms with Gasteiger partial charge in [0.1, 0.15) is 22.3 Å². The highest BCUT2D eigenvalue weighted by Gasteiger charge is 2.41. The smallest absolute Gasteiger partial charge is 0.278 e. The molecule has 0 aliphatic carbocycles. The SMILES string of the molecule is CC(Cl)CSc1c(N(C=O)c2ccc(F)cc2F)c(C(F)(F)F)nn1C. The molecule has 1 heterocycles. The molecule has 0 saturated heterocycles.